The third-order valence-electron chi connectivity index (χ3n) is 3.07. The summed E-state index contributed by atoms with van der Waals surface area (Å²) in [5.74, 6) is -0.985. The van der Waals surface area contributed by atoms with Crippen molar-refractivity contribution in [2.45, 2.75) is 38.2 Å². The number of carbonyl (C=O) groups is 1. The van der Waals surface area contributed by atoms with E-state index in [-0.39, 0.29) is 5.01 Å². The monoisotopic (exact) mass is 290 g/mol. The lowest BCUT2D eigenvalue weighted by molar-refractivity contribution is -0.302. The number of amides is 1. The van der Waals surface area contributed by atoms with Crippen LogP contribution in [0.2, 0.25) is 0 Å². The zero-order valence-electron chi connectivity index (χ0n) is 10.8. The van der Waals surface area contributed by atoms with Crippen molar-refractivity contribution in [2.24, 2.45) is 5.10 Å². The topological polar surface area (TPSA) is 70.7 Å². The van der Waals surface area contributed by atoms with Crippen LogP contribution in [0.4, 0.5) is 13.2 Å². The maximum Gasteiger partial charge on any atom is 0.438 e. The summed E-state index contributed by atoms with van der Waals surface area (Å²) in [6.07, 6.45) is -1.90. The number of hydrogen-bond donors (Lipinski definition) is 1. The highest BCUT2D eigenvalue weighted by atomic mass is 19.4. The summed E-state index contributed by atoms with van der Waals surface area (Å²) in [7, 11) is 0. The van der Waals surface area contributed by atoms with E-state index in [2.05, 4.69) is 10.2 Å². The van der Waals surface area contributed by atoms with Crippen molar-refractivity contribution in [1.29, 1.82) is 0 Å². The molecule has 2 rings (SSSR count). The molecule has 0 aromatic carbocycles. The van der Waals surface area contributed by atoms with Gasteiger partial charge in [0.05, 0.1) is 6.20 Å². The first-order valence-electron chi connectivity index (χ1n) is 5.83. The number of hydrogen-bond acceptors (Lipinski definition) is 4. The van der Waals surface area contributed by atoms with Gasteiger partial charge in [-0.2, -0.15) is 28.4 Å². The summed E-state index contributed by atoms with van der Waals surface area (Å²) in [4.78, 5) is 12.1. The molecule has 0 bridgehead atoms. The second-order valence-electron chi connectivity index (χ2n) is 4.64. The molecule has 1 aromatic heterocycles. The van der Waals surface area contributed by atoms with E-state index in [1.807, 2.05) is 0 Å². The summed E-state index contributed by atoms with van der Waals surface area (Å²) in [5, 5.41) is 17.0. The molecule has 0 spiro atoms. The Hall–Kier alpha value is -1.90. The van der Waals surface area contributed by atoms with E-state index in [0.29, 0.717) is 0 Å². The summed E-state index contributed by atoms with van der Waals surface area (Å²) in [6, 6.07) is -1.01. The maximum atomic E-state index is 12.9. The second-order valence-corrected chi connectivity index (χ2v) is 4.64. The molecule has 1 aromatic rings. The highest BCUT2D eigenvalue weighted by Crippen LogP contribution is 2.39. The van der Waals surface area contributed by atoms with Crippen molar-refractivity contribution in [3.8, 4) is 0 Å². The highest BCUT2D eigenvalue weighted by Gasteiger charge is 2.62. The zero-order chi connectivity index (χ0) is 15.1. The quantitative estimate of drug-likeness (QED) is 0.890. The molecule has 1 amide bonds. The third-order valence-corrected chi connectivity index (χ3v) is 3.07. The van der Waals surface area contributed by atoms with Crippen molar-refractivity contribution in [2.75, 3.05) is 0 Å². The molecule has 0 unspecified atom stereocenters. The average Bonchev–Trinajstić information content (AvgIpc) is 2.93. The van der Waals surface area contributed by atoms with Crippen molar-refractivity contribution in [1.82, 2.24) is 14.8 Å². The largest absolute Gasteiger partial charge is 0.438 e. The van der Waals surface area contributed by atoms with Gasteiger partial charge in [-0.1, -0.05) is 0 Å². The Morgan fingerprint density at radius 2 is 2.20 bits per heavy atom. The van der Waals surface area contributed by atoms with Crippen molar-refractivity contribution in [3.05, 3.63) is 18.0 Å². The lowest BCUT2D eigenvalue weighted by Crippen LogP contribution is -2.57. The standard InChI is InChI=1S/C11H13F3N4O2/c1-7-5-16-17(6-7)8(2)9(19)18-10(20,3-4-15-18)11(12,13)14/h4-6,8,20H,3H2,1-2H3/t8-,10-/m0/s1. The molecule has 2 atom stereocenters. The molecule has 0 aliphatic carbocycles. The normalized spacial score (nSPS) is 24.2. The van der Waals surface area contributed by atoms with Crippen LogP contribution in [0.5, 0.6) is 0 Å². The molecule has 0 saturated heterocycles. The molecule has 0 radical (unpaired) electrons. The molecular formula is C11H13F3N4O2. The summed E-state index contributed by atoms with van der Waals surface area (Å²) in [6.45, 7) is 3.13. The molecule has 1 aliphatic heterocycles. The third kappa shape index (κ3) is 2.17. The number of aliphatic hydroxyl groups is 1. The predicted octanol–water partition coefficient (Wildman–Crippen LogP) is 1.22. The SMILES string of the molecule is Cc1cnn([C@@H](C)C(=O)N2N=CC[C@]2(O)C(F)(F)F)c1. The summed E-state index contributed by atoms with van der Waals surface area (Å²) >= 11 is 0. The molecule has 110 valence electrons. The van der Waals surface area contributed by atoms with Crippen molar-refractivity contribution >= 4 is 12.1 Å². The van der Waals surface area contributed by atoms with Crippen molar-refractivity contribution < 1.29 is 23.1 Å². The highest BCUT2D eigenvalue weighted by molar-refractivity contribution is 5.83. The Morgan fingerprint density at radius 3 is 2.70 bits per heavy atom. The smallest absolute Gasteiger partial charge is 0.362 e. The summed E-state index contributed by atoms with van der Waals surface area (Å²) < 4.78 is 39.9. The minimum absolute atomic E-state index is 0.0781. The van der Waals surface area contributed by atoms with Crippen LogP contribution in [0.3, 0.4) is 0 Å². The Balaban J connectivity index is 2.26. The van der Waals surface area contributed by atoms with Crippen LogP contribution >= 0.6 is 0 Å². The minimum atomic E-state index is -4.99. The number of hydrazone groups is 1. The lowest BCUT2D eigenvalue weighted by Gasteiger charge is -2.33. The van der Waals surface area contributed by atoms with Gasteiger partial charge in [0.15, 0.2) is 0 Å². The van der Waals surface area contributed by atoms with Crippen LogP contribution < -0.4 is 0 Å². The van der Waals surface area contributed by atoms with Crippen LogP contribution in [-0.4, -0.2) is 43.9 Å². The maximum absolute atomic E-state index is 12.9. The Bertz CT molecular complexity index is 554. The predicted molar refractivity (Wildman–Crippen MR) is 62.6 cm³/mol. The Labute approximate surface area is 112 Å². The van der Waals surface area contributed by atoms with E-state index in [4.69, 9.17) is 0 Å². The van der Waals surface area contributed by atoms with Gasteiger partial charge >= 0.3 is 6.18 Å². The van der Waals surface area contributed by atoms with Gasteiger partial charge in [0.1, 0.15) is 6.04 Å². The van der Waals surface area contributed by atoms with Crippen LogP contribution in [0.15, 0.2) is 17.5 Å². The first-order valence-corrected chi connectivity index (χ1v) is 5.83. The first kappa shape index (κ1) is 14.5. The first-order chi connectivity index (χ1) is 9.17. The second kappa shape index (κ2) is 4.58. The number of carbonyl (C=O) groups excluding carboxylic acids is 1. The van der Waals surface area contributed by atoms with E-state index in [9.17, 15) is 23.1 Å². The zero-order valence-corrected chi connectivity index (χ0v) is 10.8. The lowest BCUT2D eigenvalue weighted by atomic mass is 10.1. The number of halogens is 3. The molecule has 0 fully saturated rings. The molecule has 2 heterocycles. The van der Waals surface area contributed by atoms with E-state index >= 15 is 0 Å². The van der Waals surface area contributed by atoms with Gasteiger partial charge in [-0.15, -0.1) is 0 Å². The van der Waals surface area contributed by atoms with Crippen LogP contribution in [0.25, 0.3) is 0 Å². The molecule has 1 N–H and O–H groups in total. The molecule has 0 saturated carbocycles. The Kier molecular flexibility index (Phi) is 3.32. The average molecular weight is 290 g/mol. The molecule has 6 nitrogen and oxygen atoms in total. The number of nitrogens with zero attached hydrogens (tertiary/aromatic N) is 4. The fourth-order valence-corrected chi connectivity index (χ4v) is 1.84. The number of aromatic nitrogens is 2. The number of aryl methyl sites for hydroxylation is 1. The Morgan fingerprint density at radius 1 is 1.55 bits per heavy atom. The van der Waals surface area contributed by atoms with E-state index < -0.39 is 30.3 Å². The fourth-order valence-electron chi connectivity index (χ4n) is 1.84. The molecule has 20 heavy (non-hydrogen) atoms. The van der Waals surface area contributed by atoms with E-state index in [1.54, 1.807) is 6.92 Å². The van der Waals surface area contributed by atoms with Crippen LogP contribution in [0.1, 0.15) is 24.9 Å². The number of alkyl halides is 3. The minimum Gasteiger partial charge on any atom is -0.362 e. The van der Waals surface area contributed by atoms with Gasteiger partial charge in [-0.05, 0) is 19.4 Å². The van der Waals surface area contributed by atoms with Crippen molar-refractivity contribution in [3.63, 3.8) is 0 Å². The van der Waals surface area contributed by atoms with Gasteiger partial charge in [0.25, 0.3) is 11.6 Å². The van der Waals surface area contributed by atoms with Crippen LogP contribution in [-0.2, 0) is 4.79 Å². The van der Waals surface area contributed by atoms with E-state index in [0.717, 1.165) is 11.8 Å². The van der Waals surface area contributed by atoms with Crippen LogP contribution in [0, 0.1) is 6.92 Å². The molecule has 9 heteroatoms. The summed E-state index contributed by atoms with van der Waals surface area (Å²) in [5.41, 5.74) is -2.53. The fraction of sp³-hybridized carbons (Fsp3) is 0.545. The van der Waals surface area contributed by atoms with Gasteiger partial charge in [-0.3, -0.25) is 9.48 Å². The molecule has 1 aliphatic rings. The van der Waals surface area contributed by atoms with Gasteiger partial charge in [-0.25, -0.2) is 0 Å². The van der Waals surface area contributed by atoms with Gasteiger partial charge in [0, 0.05) is 18.8 Å². The number of rotatable bonds is 2. The van der Waals surface area contributed by atoms with E-state index in [1.165, 1.54) is 24.0 Å². The van der Waals surface area contributed by atoms with Gasteiger partial charge < -0.3 is 5.11 Å². The van der Waals surface area contributed by atoms with Gasteiger partial charge in [0.2, 0.25) is 0 Å². The molecular weight excluding hydrogens is 277 g/mol.